The van der Waals surface area contributed by atoms with E-state index < -0.39 is 5.91 Å². The number of nitrogens with one attached hydrogen (secondary N) is 2. The minimum Gasteiger partial charge on any atom is -0.349 e. The Bertz CT molecular complexity index is 999. The average Bonchev–Trinajstić information content (AvgIpc) is 2.94. The number of aromatic nitrogens is 1. The predicted molar refractivity (Wildman–Crippen MR) is 118 cm³/mol. The van der Waals surface area contributed by atoms with Gasteiger partial charge in [0.2, 0.25) is 5.91 Å². The molecule has 0 saturated heterocycles. The van der Waals surface area contributed by atoms with E-state index in [9.17, 15) is 14.9 Å². The van der Waals surface area contributed by atoms with Gasteiger partial charge in [0, 0.05) is 28.1 Å². The molecule has 1 aromatic heterocycles. The first-order valence-electron chi connectivity index (χ1n) is 9.39. The van der Waals surface area contributed by atoms with Crippen molar-refractivity contribution in [3.8, 4) is 6.07 Å². The van der Waals surface area contributed by atoms with E-state index in [0.29, 0.717) is 5.69 Å². The summed E-state index contributed by atoms with van der Waals surface area (Å²) < 4.78 is 3.08. The zero-order valence-corrected chi connectivity index (χ0v) is 18.7. The summed E-state index contributed by atoms with van der Waals surface area (Å²) in [5.74, 6) is -0.933. The Labute approximate surface area is 179 Å². The topological polar surface area (TPSA) is 86.9 Å². The zero-order valence-electron chi connectivity index (χ0n) is 17.1. The van der Waals surface area contributed by atoms with Crippen LogP contribution in [0.1, 0.15) is 35.9 Å². The van der Waals surface area contributed by atoms with Crippen LogP contribution in [-0.4, -0.2) is 22.9 Å². The molecule has 1 heterocycles. The molecule has 0 spiro atoms. The summed E-state index contributed by atoms with van der Waals surface area (Å²) >= 11 is 3.37. The summed E-state index contributed by atoms with van der Waals surface area (Å²) in [6.07, 6.45) is 2.57. The Morgan fingerprint density at radius 3 is 2.59 bits per heavy atom. The summed E-state index contributed by atoms with van der Waals surface area (Å²) in [5, 5.41) is 14.7. The van der Waals surface area contributed by atoms with Gasteiger partial charge in [-0.05, 0) is 68.7 Å². The quantitative estimate of drug-likeness (QED) is 0.482. The van der Waals surface area contributed by atoms with Gasteiger partial charge in [0.05, 0.1) is 6.54 Å². The van der Waals surface area contributed by atoms with Gasteiger partial charge in [0.25, 0.3) is 5.91 Å². The van der Waals surface area contributed by atoms with Gasteiger partial charge >= 0.3 is 0 Å². The van der Waals surface area contributed by atoms with E-state index in [0.717, 1.165) is 40.0 Å². The van der Waals surface area contributed by atoms with Crippen molar-refractivity contribution in [3.63, 3.8) is 0 Å². The van der Waals surface area contributed by atoms with E-state index in [2.05, 4.69) is 38.1 Å². The largest absolute Gasteiger partial charge is 0.349 e. The Hall–Kier alpha value is -2.85. The van der Waals surface area contributed by atoms with Crippen LogP contribution >= 0.6 is 15.9 Å². The molecule has 0 unspecified atom stereocenters. The number of nitrogens with zero attached hydrogens (tertiary/aromatic N) is 2. The molecule has 0 aliphatic heterocycles. The highest BCUT2D eigenvalue weighted by Crippen LogP contribution is 2.20. The standard InChI is InChI=1S/C22H25BrN4O2/c1-5-8-27-15(3)10-17(16(27)4)11-18(12-24)22(29)25-13-21(28)26-20-7-6-19(23)9-14(20)2/h6-7,9-11H,5,8,13H2,1-4H3,(H,25,29)(H,26,28)/b18-11+. The maximum absolute atomic E-state index is 12.4. The van der Waals surface area contributed by atoms with Gasteiger partial charge in [-0.1, -0.05) is 22.9 Å². The first-order valence-corrected chi connectivity index (χ1v) is 10.2. The van der Waals surface area contributed by atoms with Crippen molar-refractivity contribution in [3.05, 3.63) is 56.8 Å². The van der Waals surface area contributed by atoms with E-state index in [1.165, 1.54) is 0 Å². The Morgan fingerprint density at radius 2 is 1.97 bits per heavy atom. The minimum absolute atomic E-state index is 0.0330. The van der Waals surface area contributed by atoms with Crippen molar-refractivity contribution < 1.29 is 9.59 Å². The molecule has 7 heteroatoms. The van der Waals surface area contributed by atoms with E-state index in [-0.39, 0.29) is 18.0 Å². The number of anilines is 1. The molecule has 0 bridgehead atoms. The molecule has 152 valence electrons. The van der Waals surface area contributed by atoms with Crippen LogP contribution in [0.3, 0.4) is 0 Å². The lowest BCUT2D eigenvalue weighted by Crippen LogP contribution is -2.33. The maximum Gasteiger partial charge on any atom is 0.262 e. The molecule has 0 aliphatic rings. The molecule has 2 rings (SSSR count). The van der Waals surface area contributed by atoms with Crippen molar-refractivity contribution in [2.75, 3.05) is 11.9 Å². The van der Waals surface area contributed by atoms with Crippen molar-refractivity contribution in [1.29, 1.82) is 5.26 Å². The van der Waals surface area contributed by atoms with Gasteiger partial charge < -0.3 is 15.2 Å². The third kappa shape index (κ3) is 5.81. The molecule has 0 fully saturated rings. The number of halogens is 1. The molecule has 0 atom stereocenters. The van der Waals surface area contributed by atoms with E-state index >= 15 is 0 Å². The van der Waals surface area contributed by atoms with Crippen LogP contribution < -0.4 is 10.6 Å². The lowest BCUT2D eigenvalue weighted by molar-refractivity contribution is -0.121. The number of nitriles is 1. The van der Waals surface area contributed by atoms with Crippen LogP contribution in [0.25, 0.3) is 6.08 Å². The maximum atomic E-state index is 12.4. The van der Waals surface area contributed by atoms with Gasteiger partial charge in [0.1, 0.15) is 11.6 Å². The predicted octanol–water partition coefficient (Wildman–Crippen LogP) is 4.25. The number of rotatable bonds is 7. The molecule has 2 N–H and O–H groups in total. The number of amides is 2. The number of hydrogen-bond donors (Lipinski definition) is 2. The molecular formula is C22H25BrN4O2. The van der Waals surface area contributed by atoms with E-state index in [1.54, 1.807) is 12.1 Å². The van der Waals surface area contributed by atoms with Crippen LogP contribution in [0.2, 0.25) is 0 Å². The lowest BCUT2D eigenvalue weighted by atomic mass is 10.1. The third-order valence-electron chi connectivity index (χ3n) is 4.60. The summed E-state index contributed by atoms with van der Waals surface area (Å²) in [6.45, 7) is 8.61. The minimum atomic E-state index is -0.574. The molecule has 0 aliphatic carbocycles. The second-order valence-corrected chi connectivity index (χ2v) is 7.75. The summed E-state index contributed by atoms with van der Waals surface area (Å²) in [5.41, 5.74) is 4.46. The van der Waals surface area contributed by atoms with Crippen LogP contribution in [0.5, 0.6) is 0 Å². The van der Waals surface area contributed by atoms with Crippen molar-refractivity contribution in [2.24, 2.45) is 0 Å². The zero-order chi connectivity index (χ0) is 21.6. The Morgan fingerprint density at radius 1 is 1.24 bits per heavy atom. The van der Waals surface area contributed by atoms with Gasteiger partial charge in [0.15, 0.2) is 0 Å². The van der Waals surface area contributed by atoms with Gasteiger partial charge in [-0.25, -0.2) is 0 Å². The Balaban J connectivity index is 2.05. The van der Waals surface area contributed by atoms with E-state index in [4.69, 9.17) is 0 Å². The first-order chi connectivity index (χ1) is 13.8. The number of carbonyl (C=O) groups excluding carboxylic acids is 2. The van der Waals surface area contributed by atoms with Crippen molar-refractivity contribution in [1.82, 2.24) is 9.88 Å². The second-order valence-electron chi connectivity index (χ2n) is 6.84. The first kappa shape index (κ1) is 22.4. The smallest absolute Gasteiger partial charge is 0.262 e. The molecule has 29 heavy (non-hydrogen) atoms. The second kappa shape index (κ2) is 10.1. The SMILES string of the molecule is CCCn1c(C)cc(/C=C(\C#N)C(=O)NCC(=O)Nc2ccc(Br)cc2C)c1C. The Kier molecular flexibility index (Phi) is 7.80. The van der Waals surface area contributed by atoms with Gasteiger partial charge in [-0.3, -0.25) is 9.59 Å². The molecule has 2 amide bonds. The highest BCUT2D eigenvalue weighted by molar-refractivity contribution is 9.10. The average molecular weight is 457 g/mol. The van der Waals surface area contributed by atoms with Gasteiger partial charge in [-0.15, -0.1) is 0 Å². The van der Waals surface area contributed by atoms with Crippen LogP contribution in [0, 0.1) is 32.1 Å². The van der Waals surface area contributed by atoms with E-state index in [1.807, 2.05) is 45.0 Å². The fourth-order valence-electron chi connectivity index (χ4n) is 3.06. The molecule has 1 aromatic carbocycles. The number of benzene rings is 1. The summed E-state index contributed by atoms with van der Waals surface area (Å²) in [4.78, 5) is 24.5. The molecule has 0 saturated carbocycles. The summed E-state index contributed by atoms with van der Waals surface area (Å²) in [7, 11) is 0. The highest BCUT2D eigenvalue weighted by Gasteiger charge is 2.14. The number of carbonyl (C=O) groups is 2. The fourth-order valence-corrected chi connectivity index (χ4v) is 3.54. The van der Waals surface area contributed by atoms with Crippen LogP contribution in [-0.2, 0) is 16.1 Å². The normalized spacial score (nSPS) is 11.1. The monoisotopic (exact) mass is 456 g/mol. The van der Waals surface area contributed by atoms with Crippen molar-refractivity contribution in [2.45, 2.75) is 40.7 Å². The highest BCUT2D eigenvalue weighted by atomic mass is 79.9. The van der Waals surface area contributed by atoms with Crippen LogP contribution in [0.15, 0.2) is 34.3 Å². The van der Waals surface area contributed by atoms with Crippen molar-refractivity contribution >= 4 is 39.5 Å². The third-order valence-corrected chi connectivity index (χ3v) is 5.09. The molecule has 2 aromatic rings. The molecule has 0 radical (unpaired) electrons. The molecule has 6 nitrogen and oxygen atoms in total. The number of aryl methyl sites for hydroxylation is 2. The summed E-state index contributed by atoms with van der Waals surface area (Å²) in [6, 6.07) is 9.39. The fraction of sp³-hybridized carbons (Fsp3) is 0.318. The lowest BCUT2D eigenvalue weighted by Gasteiger charge is -2.09. The van der Waals surface area contributed by atoms with Crippen LogP contribution in [0.4, 0.5) is 5.69 Å². The number of hydrogen-bond acceptors (Lipinski definition) is 3. The van der Waals surface area contributed by atoms with Gasteiger partial charge in [-0.2, -0.15) is 5.26 Å². The molecular weight excluding hydrogens is 432 g/mol.